The summed E-state index contributed by atoms with van der Waals surface area (Å²) in [6.07, 6.45) is 0.344. The molecule has 5 heteroatoms. The minimum absolute atomic E-state index is 0.103. The normalized spacial score (nSPS) is 17.6. The van der Waals surface area contributed by atoms with Crippen LogP contribution in [0.4, 0.5) is 0 Å². The van der Waals surface area contributed by atoms with Crippen LogP contribution in [0.3, 0.4) is 0 Å². The Morgan fingerprint density at radius 2 is 2.17 bits per heavy atom. The van der Waals surface area contributed by atoms with Gasteiger partial charge in [-0.3, -0.25) is 4.79 Å². The van der Waals surface area contributed by atoms with Crippen LogP contribution in [0.25, 0.3) is 0 Å². The Hall–Kier alpha value is -0.910. The Morgan fingerprint density at radius 1 is 1.44 bits per heavy atom. The molecule has 0 radical (unpaired) electrons. The van der Waals surface area contributed by atoms with Gasteiger partial charge in [-0.15, -0.1) is 0 Å². The summed E-state index contributed by atoms with van der Waals surface area (Å²) in [6, 6.07) is 7.52. The molecule has 2 rings (SSSR count). The lowest BCUT2D eigenvalue weighted by Crippen LogP contribution is -2.41. The van der Waals surface area contributed by atoms with Crippen molar-refractivity contribution in [2.75, 3.05) is 26.3 Å². The third kappa shape index (κ3) is 3.54. The summed E-state index contributed by atoms with van der Waals surface area (Å²) in [5.41, 5.74) is 7.05. The molecule has 0 aromatic heterocycles. The lowest BCUT2D eigenvalue weighted by Gasteiger charge is -2.28. The molecule has 0 spiro atoms. The lowest BCUT2D eigenvalue weighted by molar-refractivity contribution is -0.135. The number of ether oxygens (including phenoxy) is 1. The van der Waals surface area contributed by atoms with E-state index in [1.54, 1.807) is 0 Å². The van der Waals surface area contributed by atoms with Crippen LogP contribution in [-0.4, -0.2) is 37.1 Å². The number of hydrogen-bond acceptors (Lipinski definition) is 3. The molecule has 1 heterocycles. The van der Waals surface area contributed by atoms with Crippen molar-refractivity contribution in [2.45, 2.75) is 12.5 Å². The summed E-state index contributed by atoms with van der Waals surface area (Å²) in [5, 5.41) is 0. The van der Waals surface area contributed by atoms with Crippen LogP contribution in [0.1, 0.15) is 18.0 Å². The third-order valence-electron chi connectivity index (χ3n) is 3.04. The van der Waals surface area contributed by atoms with Crippen LogP contribution >= 0.6 is 15.9 Å². The molecule has 1 unspecified atom stereocenters. The van der Waals surface area contributed by atoms with Gasteiger partial charge in [-0.25, -0.2) is 0 Å². The molecule has 1 atom stereocenters. The highest BCUT2D eigenvalue weighted by Crippen LogP contribution is 2.19. The number of nitrogens with zero attached hydrogens (tertiary/aromatic N) is 1. The van der Waals surface area contributed by atoms with Gasteiger partial charge in [-0.05, 0) is 17.7 Å². The van der Waals surface area contributed by atoms with Crippen LogP contribution in [0.5, 0.6) is 0 Å². The van der Waals surface area contributed by atoms with E-state index >= 15 is 0 Å². The zero-order valence-electron chi connectivity index (χ0n) is 10.1. The Kier molecular flexibility index (Phi) is 4.74. The molecule has 0 bridgehead atoms. The average Bonchev–Trinajstić information content (AvgIpc) is 2.39. The van der Waals surface area contributed by atoms with Gasteiger partial charge in [0.15, 0.2) is 0 Å². The second-order valence-corrected chi connectivity index (χ2v) is 5.27. The van der Waals surface area contributed by atoms with Crippen molar-refractivity contribution in [3.63, 3.8) is 0 Å². The molecular formula is C13H17BrN2O2. The summed E-state index contributed by atoms with van der Waals surface area (Å²) in [7, 11) is 0. The molecule has 1 saturated heterocycles. The van der Waals surface area contributed by atoms with E-state index in [2.05, 4.69) is 15.9 Å². The number of halogens is 1. The van der Waals surface area contributed by atoms with E-state index < -0.39 is 0 Å². The molecule has 18 heavy (non-hydrogen) atoms. The average molecular weight is 313 g/mol. The zero-order chi connectivity index (χ0) is 13.0. The van der Waals surface area contributed by atoms with Gasteiger partial charge in [0.05, 0.1) is 13.2 Å². The van der Waals surface area contributed by atoms with Crippen molar-refractivity contribution < 1.29 is 9.53 Å². The minimum atomic E-state index is -0.252. The molecule has 2 N–H and O–H groups in total. The number of carbonyl (C=O) groups is 1. The minimum Gasteiger partial charge on any atom is -0.378 e. The number of carbonyl (C=O) groups excluding carboxylic acids is 1. The van der Waals surface area contributed by atoms with Crippen molar-refractivity contribution in [1.82, 2.24) is 4.90 Å². The number of amides is 1. The van der Waals surface area contributed by atoms with E-state index in [-0.39, 0.29) is 11.9 Å². The fourth-order valence-electron chi connectivity index (χ4n) is 1.99. The van der Waals surface area contributed by atoms with E-state index in [9.17, 15) is 4.79 Å². The molecule has 98 valence electrons. The third-order valence-corrected chi connectivity index (χ3v) is 3.53. The standard InChI is InChI=1S/C13H17BrN2O2/c14-11-3-1-2-10(8-11)12(15)9-13(17)16-4-6-18-7-5-16/h1-3,8,12H,4-7,9,15H2. The molecule has 4 nitrogen and oxygen atoms in total. The van der Waals surface area contributed by atoms with Crippen LogP contribution in [0, 0.1) is 0 Å². The lowest BCUT2D eigenvalue weighted by atomic mass is 10.0. The molecule has 1 aliphatic heterocycles. The Labute approximate surface area is 115 Å². The second-order valence-electron chi connectivity index (χ2n) is 4.36. The maximum absolute atomic E-state index is 12.0. The monoisotopic (exact) mass is 312 g/mol. The van der Waals surface area contributed by atoms with Gasteiger partial charge in [0.1, 0.15) is 0 Å². The molecular weight excluding hydrogens is 296 g/mol. The summed E-state index contributed by atoms with van der Waals surface area (Å²) in [4.78, 5) is 13.9. The van der Waals surface area contributed by atoms with Gasteiger partial charge >= 0.3 is 0 Å². The summed E-state index contributed by atoms with van der Waals surface area (Å²) in [5.74, 6) is 0.103. The molecule has 1 aliphatic rings. The van der Waals surface area contributed by atoms with Crippen LogP contribution in [0.15, 0.2) is 28.7 Å². The Balaban J connectivity index is 1.94. The number of nitrogens with two attached hydrogens (primary N) is 1. The fourth-order valence-corrected chi connectivity index (χ4v) is 2.40. The van der Waals surface area contributed by atoms with Gasteiger partial charge < -0.3 is 15.4 Å². The van der Waals surface area contributed by atoms with Crippen molar-refractivity contribution in [3.8, 4) is 0 Å². The van der Waals surface area contributed by atoms with E-state index in [0.29, 0.717) is 32.7 Å². The number of rotatable bonds is 3. The topological polar surface area (TPSA) is 55.6 Å². The largest absolute Gasteiger partial charge is 0.378 e. The predicted molar refractivity (Wildman–Crippen MR) is 73.1 cm³/mol. The Morgan fingerprint density at radius 3 is 2.83 bits per heavy atom. The van der Waals surface area contributed by atoms with E-state index in [1.807, 2.05) is 29.2 Å². The summed E-state index contributed by atoms with van der Waals surface area (Å²) >= 11 is 3.41. The smallest absolute Gasteiger partial charge is 0.224 e. The van der Waals surface area contributed by atoms with Crippen LogP contribution in [0.2, 0.25) is 0 Å². The van der Waals surface area contributed by atoms with Crippen LogP contribution < -0.4 is 5.73 Å². The maximum atomic E-state index is 12.0. The van der Waals surface area contributed by atoms with E-state index in [1.165, 1.54) is 0 Å². The SMILES string of the molecule is NC(CC(=O)N1CCOCC1)c1cccc(Br)c1. The van der Waals surface area contributed by atoms with Crippen molar-refractivity contribution in [1.29, 1.82) is 0 Å². The first-order chi connectivity index (χ1) is 8.66. The highest BCUT2D eigenvalue weighted by Gasteiger charge is 2.19. The van der Waals surface area contributed by atoms with E-state index in [0.717, 1.165) is 10.0 Å². The first-order valence-corrected chi connectivity index (χ1v) is 6.82. The van der Waals surface area contributed by atoms with Gasteiger partial charge in [-0.1, -0.05) is 28.1 Å². The summed E-state index contributed by atoms with van der Waals surface area (Å²) < 4.78 is 6.20. The fraction of sp³-hybridized carbons (Fsp3) is 0.462. The second kappa shape index (κ2) is 6.31. The van der Waals surface area contributed by atoms with E-state index in [4.69, 9.17) is 10.5 Å². The van der Waals surface area contributed by atoms with Crippen molar-refractivity contribution in [3.05, 3.63) is 34.3 Å². The van der Waals surface area contributed by atoms with Gasteiger partial charge in [0.25, 0.3) is 0 Å². The molecule has 1 amide bonds. The molecule has 1 fully saturated rings. The Bertz CT molecular complexity index is 419. The maximum Gasteiger partial charge on any atom is 0.224 e. The number of hydrogen-bond donors (Lipinski definition) is 1. The van der Waals surface area contributed by atoms with Crippen molar-refractivity contribution in [2.24, 2.45) is 5.73 Å². The first kappa shape index (κ1) is 13.5. The number of benzene rings is 1. The molecule has 1 aromatic carbocycles. The number of morpholine rings is 1. The van der Waals surface area contributed by atoms with Crippen molar-refractivity contribution >= 4 is 21.8 Å². The molecule has 0 saturated carbocycles. The van der Waals surface area contributed by atoms with Gasteiger partial charge in [0.2, 0.25) is 5.91 Å². The zero-order valence-corrected chi connectivity index (χ0v) is 11.7. The molecule has 0 aliphatic carbocycles. The highest BCUT2D eigenvalue weighted by atomic mass is 79.9. The highest BCUT2D eigenvalue weighted by molar-refractivity contribution is 9.10. The molecule has 1 aromatic rings. The quantitative estimate of drug-likeness (QED) is 0.924. The summed E-state index contributed by atoms with van der Waals surface area (Å²) in [6.45, 7) is 2.59. The predicted octanol–water partition coefficient (Wildman–Crippen LogP) is 1.70. The van der Waals surface area contributed by atoms with Gasteiger partial charge in [0, 0.05) is 30.0 Å². The van der Waals surface area contributed by atoms with Crippen LogP contribution in [-0.2, 0) is 9.53 Å². The first-order valence-electron chi connectivity index (χ1n) is 6.03. The van der Waals surface area contributed by atoms with Gasteiger partial charge in [-0.2, -0.15) is 0 Å².